The van der Waals surface area contributed by atoms with Gasteiger partial charge in [-0.3, -0.25) is 9.78 Å². The second kappa shape index (κ2) is 3.71. The van der Waals surface area contributed by atoms with Crippen molar-refractivity contribution in [2.45, 2.75) is 13.5 Å². The van der Waals surface area contributed by atoms with Crippen molar-refractivity contribution in [2.24, 2.45) is 0 Å². The van der Waals surface area contributed by atoms with Crippen LogP contribution in [-0.4, -0.2) is 11.4 Å². The number of rotatable bonds is 3. The predicted octanol–water partition coefficient (Wildman–Crippen LogP) is 0.547. The Kier molecular flexibility index (Phi) is 2.60. The molecule has 3 nitrogen and oxygen atoms in total. The quantitative estimate of drug-likeness (QED) is 0.637. The highest BCUT2D eigenvalue weighted by Gasteiger charge is 1.95. The first-order valence-corrected chi connectivity index (χ1v) is 3.35. The van der Waals surface area contributed by atoms with E-state index in [9.17, 15) is 4.79 Å². The molecule has 0 unspecified atom stereocenters. The third-order valence-electron chi connectivity index (χ3n) is 1.45. The highest BCUT2D eigenvalue weighted by atomic mass is 16.1. The van der Waals surface area contributed by atoms with Crippen molar-refractivity contribution < 1.29 is 4.79 Å². The van der Waals surface area contributed by atoms with Crippen molar-refractivity contribution in [3.8, 4) is 0 Å². The fraction of sp³-hybridized carbons (Fsp3) is 0.250. The molecule has 0 aliphatic carbocycles. The van der Waals surface area contributed by atoms with Gasteiger partial charge in [0, 0.05) is 6.20 Å². The minimum absolute atomic E-state index is 0.455. The third kappa shape index (κ3) is 2.04. The van der Waals surface area contributed by atoms with Gasteiger partial charge in [0.2, 0.25) is 0 Å². The molecule has 0 fully saturated rings. The molecule has 1 rings (SSSR count). The molecule has 1 heterocycles. The van der Waals surface area contributed by atoms with Gasteiger partial charge >= 0.3 is 6.41 Å². The van der Waals surface area contributed by atoms with Crippen LogP contribution in [0.4, 0.5) is 0 Å². The third-order valence-corrected chi connectivity index (χ3v) is 1.45. The van der Waals surface area contributed by atoms with Crippen molar-refractivity contribution in [1.82, 2.24) is 10.3 Å². The molecule has 57 valence electrons. The van der Waals surface area contributed by atoms with Crippen LogP contribution >= 0.6 is 0 Å². The summed E-state index contributed by atoms with van der Waals surface area (Å²) < 4.78 is 0. The molecule has 0 aliphatic heterocycles. The fourth-order valence-corrected chi connectivity index (χ4v) is 0.823. The number of pyridine rings is 1. The van der Waals surface area contributed by atoms with Crippen LogP contribution in [0, 0.1) is 6.92 Å². The summed E-state index contributed by atoms with van der Waals surface area (Å²) in [5.41, 5.74) is 1.96. The summed E-state index contributed by atoms with van der Waals surface area (Å²) in [6, 6.07) is 3.82. The van der Waals surface area contributed by atoms with Crippen molar-refractivity contribution in [1.29, 1.82) is 0 Å². The lowest BCUT2D eigenvalue weighted by atomic mass is 10.2. The molecule has 0 saturated carbocycles. The van der Waals surface area contributed by atoms with Crippen LogP contribution in [0.15, 0.2) is 18.3 Å². The summed E-state index contributed by atoms with van der Waals surface area (Å²) in [4.78, 5) is 13.9. The van der Waals surface area contributed by atoms with E-state index in [4.69, 9.17) is 0 Å². The molecule has 0 bridgehead atoms. The smallest absolute Gasteiger partial charge is 0.309 e. The van der Waals surface area contributed by atoms with E-state index in [1.54, 1.807) is 12.6 Å². The molecule has 0 aliphatic rings. The summed E-state index contributed by atoms with van der Waals surface area (Å²) in [7, 11) is 0. The number of nitrogens with one attached hydrogen (secondary N) is 1. The van der Waals surface area contributed by atoms with Crippen molar-refractivity contribution in [3.05, 3.63) is 29.6 Å². The van der Waals surface area contributed by atoms with Crippen LogP contribution in [-0.2, 0) is 11.3 Å². The van der Waals surface area contributed by atoms with Crippen LogP contribution in [0.25, 0.3) is 0 Å². The second-order valence-electron chi connectivity index (χ2n) is 2.22. The molecule has 0 spiro atoms. The number of aryl methyl sites for hydroxylation is 1. The van der Waals surface area contributed by atoms with Gasteiger partial charge in [0.1, 0.15) is 0 Å². The largest absolute Gasteiger partial charge is 0.342 e. The lowest BCUT2D eigenvalue weighted by Crippen LogP contribution is -2.11. The summed E-state index contributed by atoms with van der Waals surface area (Å²) in [6.45, 7) is 2.41. The number of amides is 1. The van der Waals surface area contributed by atoms with E-state index in [0.717, 1.165) is 11.3 Å². The Labute approximate surface area is 65.5 Å². The van der Waals surface area contributed by atoms with Crippen LogP contribution in [0.3, 0.4) is 0 Å². The van der Waals surface area contributed by atoms with E-state index in [-0.39, 0.29) is 0 Å². The summed E-state index contributed by atoms with van der Waals surface area (Å²) in [5.74, 6) is 0. The van der Waals surface area contributed by atoms with Gasteiger partial charge in [-0.15, -0.1) is 0 Å². The van der Waals surface area contributed by atoms with Gasteiger partial charge in [-0.2, -0.15) is 0 Å². The Bertz CT molecular complexity index is 248. The van der Waals surface area contributed by atoms with Gasteiger partial charge in [0.05, 0.1) is 12.2 Å². The Morgan fingerprint density at radius 3 is 3.18 bits per heavy atom. The summed E-state index contributed by atoms with van der Waals surface area (Å²) in [5, 5.41) is 2.44. The number of aromatic nitrogens is 1. The minimum atomic E-state index is 0.455. The lowest BCUT2D eigenvalue weighted by Gasteiger charge is -2.00. The van der Waals surface area contributed by atoms with Crippen LogP contribution in [0.2, 0.25) is 0 Å². The number of hydrogen-bond acceptors (Lipinski definition) is 2. The van der Waals surface area contributed by atoms with Crippen LogP contribution < -0.4 is 5.32 Å². The predicted molar refractivity (Wildman–Crippen MR) is 41.5 cm³/mol. The number of hydrogen-bond donors (Lipinski definition) is 1. The maximum atomic E-state index is 9.83. The SMILES string of the molecule is Cc1cccnc1CN[C]=O. The topological polar surface area (TPSA) is 42.0 Å². The molecular formula is C8H9N2O. The van der Waals surface area contributed by atoms with Gasteiger partial charge in [-0.25, -0.2) is 0 Å². The Morgan fingerprint density at radius 2 is 2.55 bits per heavy atom. The molecule has 1 radical (unpaired) electrons. The molecule has 1 amide bonds. The van der Waals surface area contributed by atoms with Gasteiger partial charge in [-0.1, -0.05) is 6.07 Å². The molecule has 3 heteroatoms. The van der Waals surface area contributed by atoms with E-state index in [2.05, 4.69) is 10.3 Å². The molecule has 0 saturated heterocycles. The maximum absolute atomic E-state index is 9.83. The standard InChI is InChI=1S/C8H9N2O/c1-7-3-2-4-10-8(7)5-9-6-11/h2-4H,5H2,1H3,(H,9,11). The van der Waals surface area contributed by atoms with E-state index >= 15 is 0 Å². The molecule has 0 aromatic carbocycles. The molecular weight excluding hydrogens is 140 g/mol. The lowest BCUT2D eigenvalue weighted by molar-refractivity contribution is 0.541. The van der Waals surface area contributed by atoms with Crippen LogP contribution in [0.1, 0.15) is 11.3 Å². The van der Waals surface area contributed by atoms with Gasteiger partial charge in [0.15, 0.2) is 0 Å². The second-order valence-corrected chi connectivity index (χ2v) is 2.22. The van der Waals surface area contributed by atoms with Crippen molar-refractivity contribution in [3.63, 3.8) is 0 Å². The van der Waals surface area contributed by atoms with Gasteiger partial charge in [0.25, 0.3) is 0 Å². The first-order valence-electron chi connectivity index (χ1n) is 3.35. The average molecular weight is 149 g/mol. The summed E-state index contributed by atoms with van der Waals surface area (Å²) >= 11 is 0. The molecule has 1 N–H and O–H groups in total. The molecule has 1 aromatic heterocycles. The van der Waals surface area contributed by atoms with E-state index in [0.29, 0.717) is 6.54 Å². The minimum Gasteiger partial charge on any atom is -0.342 e. The normalized spacial score (nSPS) is 9.18. The first-order chi connectivity index (χ1) is 5.34. The van der Waals surface area contributed by atoms with Crippen molar-refractivity contribution in [2.75, 3.05) is 0 Å². The zero-order valence-corrected chi connectivity index (χ0v) is 6.29. The van der Waals surface area contributed by atoms with Gasteiger partial charge < -0.3 is 5.32 Å². The number of carbonyl (C=O) groups excluding carboxylic acids is 1. The first kappa shape index (κ1) is 7.72. The Morgan fingerprint density at radius 1 is 1.73 bits per heavy atom. The van der Waals surface area contributed by atoms with E-state index < -0.39 is 0 Å². The summed E-state index contributed by atoms with van der Waals surface area (Å²) in [6.07, 6.45) is 3.31. The van der Waals surface area contributed by atoms with E-state index in [1.807, 2.05) is 19.1 Å². The Hall–Kier alpha value is -1.38. The molecule has 0 atom stereocenters. The highest BCUT2D eigenvalue weighted by Crippen LogP contribution is 2.01. The molecule has 1 aromatic rings. The highest BCUT2D eigenvalue weighted by molar-refractivity contribution is 5.47. The fourth-order valence-electron chi connectivity index (χ4n) is 0.823. The number of nitrogens with zero attached hydrogens (tertiary/aromatic N) is 1. The Balaban J connectivity index is 2.69. The van der Waals surface area contributed by atoms with Crippen LogP contribution in [0.5, 0.6) is 0 Å². The van der Waals surface area contributed by atoms with Crippen molar-refractivity contribution >= 4 is 6.41 Å². The monoisotopic (exact) mass is 149 g/mol. The maximum Gasteiger partial charge on any atom is 0.309 e. The van der Waals surface area contributed by atoms with E-state index in [1.165, 1.54) is 0 Å². The zero-order valence-electron chi connectivity index (χ0n) is 6.29. The van der Waals surface area contributed by atoms with Gasteiger partial charge in [-0.05, 0) is 18.6 Å². The zero-order chi connectivity index (χ0) is 8.10. The average Bonchev–Trinajstić information content (AvgIpc) is 2.03. The molecule has 11 heavy (non-hydrogen) atoms.